The fourth-order valence-electron chi connectivity index (χ4n) is 6.45. The van der Waals surface area contributed by atoms with Crippen LogP contribution in [-0.4, -0.2) is 19.1 Å². The molecule has 1 unspecified atom stereocenters. The second kappa shape index (κ2) is 13.0. The van der Waals surface area contributed by atoms with Crippen molar-refractivity contribution >= 4 is 34.6 Å². The van der Waals surface area contributed by atoms with Gasteiger partial charge in [0.15, 0.2) is 5.60 Å². The standard InChI is InChI=1S/C38H41ClN2O3/c1-4-6-8-9-12-22-41(21-7-5-2)29-19-20-32-36(24-29)43-35-23-26(3)34(40-28-17-15-27(39)16-18-28)25-33(35)38(32)31-14-11-10-13-30(31)37(42)44-38/h10-11,13-20,23-25,40H,4-9,12,21-22H2,1-3H3. The van der Waals surface area contributed by atoms with Gasteiger partial charge in [0.1, 0.15) is 11.5 Å². The SMILES string of the molecule is CCCCCCCN(CCCC)c1ccc2c(c1)Oc1cc(C)c(Nc3ccc(Cl)cc3)cc1C21OC(=O)c2ccccc21. The van der Waals surface area contributed by atoms with Gasteiger partial charge in [0.25, 0.3) is 0 Å². The third-order valence-electron chi connectivity index (χ3n) is 8.84. The molecular weight excluding hydrogens is 568 g/mol. The molecule has 4 aromatic carbocycles. The topological polar surface area (TPSA) is 50.8 Å². The second-order valence-electron chi connectivity index (χ2n) is 11.9. The molecule has 5 nitrogen and oxygen atoms in total. The maximum atomic E-state index is 13.4. The van der Waals surface area contributed by atoms with Crippen molar-refractivity contribution in [3.05, 3.63) is 112 Å². The van der Waals surface area contributed by atoms with Gasteiger partial charge in [0.05, 0.1) is 5.56 Å². The van der Waals surface area contributed by atoms with Gasteiger partial charge in [-0.25, -0.2) is 4.79 Å². The number of ether oxygens (including phenoxy) is 2. The van der Waals surface area contributed by atoms with Gasteiger partial charge in [0.2, 0.25) is 0 Å². The first kappa shape index (κ1) is 30.1. The number of hydrogen-bond acceptors (Lipinski definition) is 5. The summed E-state index contributed by atoms with van der Waals surface area (Å²) >= 11 is 6.13. The summed E-state index contributed by atoms with van der Waals surface area (Å²) in [5.74, 6) is 1.09. The number of esters is 1. The average Bonchev–Trinajstić information content (AvgIpc) is 3.32. The van der Waals surface area contributed by atoms with Crippen molar-refractivity contribution in [2.75, 3.05) is 23.3 Å². The lowest BCUT2D eigenvalue weighted by atomic mass is 9.77. The van der Waals surface area contributed by atoms with Crippen LogP contribution in [0.5, 0.6) is 11.5 Å². The van der Waals surface area contributed by atoms with E-state index in [1.54, 1.807) is 0 Å². The van der Waals surface area contributed by atoms with Crippen LogP contribution in [-0.2, 0) is 10.3 Å². The van der Waals surface area contributed by atoms with Crippen LogP contribution in [0.4, 0.5) is 17.1 Å². The first-order valence-electron chi connectivity index (χ1n) is 16.0. The van der Waals surface area contributed by atoms with Crippen LogP contribution < -0.4 is 15.0 Å². The van der Waals surface area contributed by atoms with Gasteiger partial charge in [0, 0.05) is 57.9 Å². The van der Waals surface area contributed by atoms with E-state index < -0.39 is 5.60 Å². The van der Waals surface area contributed by atoms with Crippen molar-refractivity contribution in [2.24, 2.45) is 0 Å². The Morgan fingerprint density at radius 2 is 1.50 bits per heavy atom. The van der Waals surface area contributed by atoms with Crippen LogP contribution in [0.25, 0.3) is 0 Å². The maximum absolute atomic E-state index is 13.4. The predicted molar refractivity (Wildman–Crippen MR) is 180 cm³/mol. The third kappa shape index (κ3) is 5.66. The first-order chi connectivity index (χ1) is 21.4. The second-order valence-corrected chi connectivity index (χ2v) is 12.4. The van der Waals surface area contributed by atoms with E-state index in [0.717, 1.165) is 71.0 Å². The van der Waals surface area contributed by atoms with Crippen molar-refractivity contribution < 1.29 is 14.3 Å². The predicted octanol–water partition coefficient (Wildman–Crippen LogP) is 10.5. The molecule has 6 heteroatoms. The molecule has 228 valence electrons. The van der Waals surface area contributed by atoms with Gasteiger partial charge in [-0.15, -0.1) is 0 Å². The van der Waals surface area contributed by atoms with Crippen LogP contribution in [0.3, 0.4) is 0 Å². The van der Waals surface area contributed by atoms with Gasteiger partial charge in [-0.1, -0.05) is 75.8 Å². The number of nitrogens with one attached hydrogen (secondary N) is 1. The summed E-state index contributed by atoms with van der Waals surface area (Å²) in [5.41, 5.74) is 5.92. The van der Waals surface area contributed by atoms with E-state index in [0.29, 0.717) is 16.3 Å². The monoisotopic (exact) mass is 608 g/mol. The van der Waals surface area contributed by atoms with E-state index in [1.807, 2.05) is 54.6 Å². The molecule has 1 N–H and O–H groups in total. The van der Waals surface area contributed by atoms with Gasteiger partial charge < -0.3 is 19.7 Å². The Labute approximate surface area is 266 Å². The minimum atomic E-state index is -1.12. The van der Waals surface area contributed by atoms with Crippen molar-refractivity contribution in [1.82, 2.24) is 0 Å². The fraction of sp³-hybridized carbons (Fsp3) is 0.342. The zero-order valence-electron chi connectivity index (χ0n) is 25.9. The normalized spacial score (nSPS) is 16.1. The molecule has 0 amide bonds. The lowest BCUT2D eigenvalue weighted by Gasteiger charge is -2.38. The average molecular weight is 609 g/mol. The Morgan fingerprint density at radius 1 is 0.773 bits per heavy atom. The molecule has 2 heterocycles. The van der Waals surface area contributed by atoms with E-state index in [4.69, 9.17) is 21.1 Å². The molecule has 0 saturated heterocycles. The highest BCUT2D eigenvalue weighted by molar-refractivity contribution is 6.30. The Bertz CT molecular complexity index is 1650. The number of hydrogen-bond donors (Lipinski definition) is 1. The Kier molecular flexibility index (Phi) is 8.86. The molecule has 0 bridgehead atoms. The van der Waals surface area contributed by atoms with Gasteiger partial charge >= 0.3 is 5.97 Å². The Hall–Kier alpha value is -3.96. The molecule has 1 atom stereocenters. The van der Waals surface area contributed by atoms with Crippen molar-refractivity contribution in [1.29, 1.82) is 0 Å². The zero-order chi connectivity index (χ0) is 30.7. The van der Waals surface area contributed by atoms with E-state index in [2.05, 4.69) is 55.3 Å². The van der Waals surface area contributed by atoms with Crippen LogP contribution >= 0.6 is 11.6 Å². The summed E-state index contributed by atoms with van der Waals surface area (Å²) in [6, 6.07) is 25.9. The molecule has 4 aromatic rings. The molecule has 0 fully saturated rings. The number of carbonyl (C=O) groups is 1. The number of rotatable bonds is 12. The number of benzene rings is 4. The van der Waals surface area contributed by atoms with Gasteiger partial charge in [-0.05, 0) is 79.9 Å². The lowest BCUT2D eigenvalue weighted by molar-refractivity contribution is 0.0224. The molecule has 44 heavy (non-hydrogen) atoms. The summed E-state index contributed by atoms with van der Waals surface area (Å²) in [4.78, 5) is 15.9. The van der Waals surface area contributed by atoms with Crippen molar-refractivity contribution in [3.8, 4) is 11.5 Å². The van der Waals surface area contributed by atoms with Crippen LogP contribution in [0.15, 0.2) is 78.9 Å². The summed E-state index contributed by atoms with van der Waals surface area (Å²) < 4.78 is 13.2. The molecule has 1 spiro atoms. The Morgan fingerprint density at radius 3 is 2.30 bits per heavy atom. The van der Waals surface area contributed by atoms with Gasteiger partial charge in [-0.2, -0.15) is 0 Å². The Balaban J connectivity index is 1.43. The molecule has 2 aliphatic rings. The molecule has 2 aliphatic heterocycles. The van der Waals surface area contributed by atoms with E-state index in [9.17, 15) is 4.79 Å². The number of anilines is 3. The molecular formula is C38H41ClN2O3. The minimum Gasteiger partial charge on any atom is -0.456 e. The largest absolute Gasteiger partial charge is 0.456 e. The highest BCUT2D eigenvalue weighted by Crippen LogP contribution is 2.57. The summed E-state index contributed by atoms with van der Waals surface area (Å²) in [7, 11) is 0. The molecule has 6 rings (SSSR count). The van der Waals surface area contributed by atoms with Crippen LogP contribution in [0.2, 0.25) is 5.02 Å². The number of nitrogens with zero attached hydrogens (tertiary/aromatic N) is 1. The first-order valence-corrected chi connectivity index (χ1v) is 16.4. The molecule has 0 aromatic heterocycles. The van der Waals surface area contributed by atoms with E-state index in [1.165, 1.54) is 32.1 Å². The highest BCUT2D eigenvalue weighted by atomic mass is 35.5. The zero-order valence-corrected chi connectivity index (χ0v) is 26.7. The summed E-state index contributed by atoms with van der Waals surface area (Å²) in [6.45, 7) is 8.56. The number of carbonyl (C=O) groups excluding carboxylic acids is 1. The lowest BCUT2D eigenvalue weighted by Crippen LogP contribution is -2.33. The molecule has 0 aliphatic carbocycles. The number of aryl methyl sites for hydroxylation is 1. The maximum Gasteiger partial charge on any atom is 0.340 e. The smallest absolute Gasteiger partial charge is 0.340 e. The van der Waals surface area contributed by atoms with Gasteiger partial charge in [-0.3, -0.25) is 0 Å². The molecule has 0 radical (unpaired) electrons. The van der Waals surface area contributed by atoms with Crippen LogP contribution in [0.1, 0.15) is 91.4 Å². The van der Waals surface area contributed by atoms with Crippen LogP contribution in [0, 0.1) is 6.92 Å². The number of fused-ring (bicyclic) bond motifs is 6. The fourth-order valence-corrected chi connectivity index (χ4v) is 6.58. The summed E-state index contributed by atoms with van der Waals surface area (Å²) in [5, 5.41) is 4.21. The summed E-state index contributed by atoms with van der Waals surface area (Å²) in [6.07, 6.45) is 8.50. The third-order valence-corrected chi connectivity index (χ3v) is 9.10. The van der Waals surface area contributed by atoms with Crippen molar-refractivity contribution in [2.45, 2.75) is 71.3 Å². The quantitative estimate of drug-likeness (QED) is 0.128. The van der Waals surface area contributed by atoms with E-state index >= 15 is 0 Å². The minimum absolute atomic E-state index is 0.326. The number of unbranched alkanes of at least 4 members (excludes halogenated alkanes) is 5. The van der Waals surface area contributed by atoms with Crippen molar-refractivity contribution in [3.63, 3.8) is 0 Å². The highest BCUT2D eigenvalue weighted by Gasteiger charge is 2.53. The molecule has 0 saturated carbocycles. The number of halogens is 1. The van der Waals surface area contributed by atoms with E-state index in [-0.39, 0.29) is 5.97 Å².